The number of hydrogen-bond donors (Lipinski definition) is 1. The zero-order valence-electron chi connectivity index (χ0n) is 9.69. The van der Waals surface area contributed by atoms with E-state index in [9.17, 15) is 17.6 Å². The molecule has 0 aliphatic heterocycles. The molecule has 1 atom stereocenters. The zero-order valence-corrected chi connectivity index (χ0v) is 10.5. The lowest BCUT2D eigenvalue weighted by Crippen LogP contribution is -2.41. The Morgan fingerprint density at radius 2 is 1.94 bits per heavy atom. The third kappa shape index (κ3) is 3.64. The molecule has 1 fully saturated rings. The Bertz CT molecular complexity index is 370. The zero-order chi connectivity index (χ0) is 13.1. The minimum absolute atomic E-state index is 0.00780. The van der Waals surface area contributed by atoms with Crippen molar-refractivity contribution in [2.45, 2.75) is 44.0 Å². The van der Waals surface area contributed by atoms with Gasteiger partial charge in [-0.15, -0.1) is 0 Å². The minimum atomic E-state index is -5.10. The highest BCUT2D eigenvalue weighted by Crippen LogP contribution is 2.25. The van der Waals surface area contributed by atoms with Gasteiger partial charge in [-0.25, -0.2) is 9.18 Å². The summed E-state index contributed by atoms with van der Waals surface area (Å²) < 4.78 is 47.9. The van der Waals surface area contributed by atoms with Crippen molar-refractivity contribution in [3.05, 3.63) is 0 Å². The van der Waals surface area contributed by atoms with Crippen molar-refractivity contribution < 1.29 is 26.9 Å². The van der Waals surface area contributed by atoms with Crippen LogP contribution in [-0.2, 0) is 19.6 Å². The lowest BCUT2D eigenvalue weighted by atomic mass is 9.90. The largest absolute Gasteiger partial charge is 0.462 e. The lowest BCUT2D eigenvalue weighted by molar-refractivity contribution is -0.153. The molecule has 0 aromatic carbocycles. The van der Waals surface area contributed by atoms with Gasteiger partial charge in [0.25, 0.3) is 0 Å². The number of hydrogen-bond acceptors (Lipinski definition) is 4. The molecule has 1 aliphatic rings. The third-order valence-corrected chi connectivity index (χ3v) is 4.16. The van der Waals surface area contributed by atoms with Crippen LogP contribution in [0.3, 0.4) is 0 Å². The standard InChI is InChI=1S/C10H17FO5S/c1-10(11,17(13,14)15)9(12)16-7-8-5-3-2-4-6-8/h8H,2-7H2,1H3,(H,13,14,15). The van der Waals surface area contributed by atoms with E-state index < -0.39 is 21.1 Å². The number of carbonyl (C=O) groups excluding carboxylic acids is 1. The number of esters is 1. The van der Waals surface area contributed by atoms with Gasteiger partial charge in [0.15, 0.2) is 0 Å². The normalized spacial score (nSPS) is 21.8. The molecular weight excluding hydrogens is 251 g/mol. The first-order chi connectivity index (χ1) is 7.75. The van der Waals surface area contributed by atoms with Gasteiger partial charge in [-0.1, -0.05) is 19.3 Å². The highest BCUT2D eigenvalue weighted by atomic mass is 32.2. The molecule has 1 unspecified atom stereocenters. The topological polar surface area (TPSA) is 80.7 Å². The fourth-order valence-corrected chi connectivity index (χ4v) is 2.05. The van der Waals surface area contributed by atoms with Gasteiger partial charge in [-0.05, 0) is 25.7 Å². The van der Waals surface area contributed by atoms with Gasteiger partial charge in [0.05, 0.1) is 6.61 Å². The average Bonchev–Trinajstić information content (AvgIpc) is 2.25. The maximum atomic E-state index is 13.4. The van der Waals surface area contributed by atoms with Gasteiger partial charge in [0, 0.05) is 0 Å². The maximum absolute atomic E-state index is 13.4. The number of alkyl halides is 1. The number of ether oxygens (including phenoxy) is 1. The summed E-state index contributed by atoms with van der Waals surface area (Å²) >= 11 is 0. The van der Waals surface area contributed by atoms with Gasteiger partial charge < -0.3 is 4.74 Å². The highest BCUT2D eigenvalue weighted by molar-refractivity contribution is 7.87. The smallest absolute Gasteiger partial charge is 0.362 e. The van der Waals surface area contributed by atoms with Crippen molar-refractivity contribution in [3.63, 3.8) is 0 Å². The fourth-order valence-electron chi connectivity index (χ4n) is 1.78. The molecular formula is C10H17FO5S. The summed E-state index contributed by atoms with van der Waals surface area (Å²) in [5.74, 6) is -1.39. The van der Waals surface area contributed by atoms with Crippen LogP contribution in [0.5, 0.6) is 0 Å². The molecule has 0 heterocycles. The number of rotatable bonds is 4. The molecule has 0 aromatic rings. The summed E-state index contributed by atoms with van der Waals surface area (Å²) in [7, 11) is -5.10. The van der Waals surface area contributed by atoms with Crippen molar-refractivity contribution in [1.82, 2.24) is 0 Å². The van der Waals surface area contributed by atoms with E-state index in [2.05, 4.69) is 4.74 Å². The first-order valence-electron chi connectivity index (χ1n) is 5.58. The van der Waals surface area contributed by atoms with E-state index in [1.165, 1.54) is 0 Å². The van der Waals surface area contributed by atoms with Gasteiger partial charge in [0.2, 0.25) is 0 Å². The van der Waals surface area contributed by atoms with Crippen LogP contribution in [0.4, 0.5) is 4.39 Å². The number of halogens is 1. The maximum Gasteiger partial charge on any atom is 0.362 e. The van der Waals surface area contributed by atoms with E-state index in [-0.39, 0.29) is 12.5 Å². The summed E-state index contributed by atoms with van der Waals surface area (Å²) in [6, 6.07) is 0. The molecule has 5 nitrogen and oxygen atoms in total. The molecule has 0 amide bonds. The predicted molar refractivity (Wildman–Crippen MR) is 58.6 cm³/mol. The molecule has 17 heavy (non-hydrogen) atoms. The van der Waals surface area contributed by atoms with Crippen LogP contribution in [-0.4, -0.2) is 30.5 Å². The van der Waals surface area contributed by atoms with E-state index in [4.69, 9.17) is 4.55 Å². The molecule has 0 saturated heterocycles. The first kappa shape index (κ1) is 14.4. The second-order valence-electron chi connectivity index (χ2n) is 4.49. The molecule has 1 aliphatic carbocycles. The second kappa shape index (κ2) is 5.30. The second-order valence-corrected chi connectivity index (χ2v) is 6.21. The van der Waals surface area contributed by atoms with E-state index in [0.717, 1.165) is 32.1 Å². The lowest BCUT2D eigenvalue weighted by Gasteiger charge is -2.22. The van der Waals surface area contributed by atoms with Gasteiger partial charge in [-0.3, -0.25) is 4.55 Å². The molecule has 0 spiro atoms. The van der Waals surface area contributed by atoms with Crippen molar-refractivity contribution >= 4 is 16.1 Å². The molecule has 100 valence electrons. The van der Waals surface area contributed by atoms with E-state index in [0.29, 0.717) is 6.92 Å². The molecule has 1 rings (SSSR count). The Hall–Kier alpha value is -0.690. The summed E-state index contributed by atoms with van der Waals surface area (Å²) in [5.41, 5.74) is 0. The number of carbonyl (C=O) groups is 1. The van der Waals surface area contributed by atoms with Crippen molar-refractivity contribution in [2.24, 2.45) is 5.92 Å². The molecule has 1 saturated carbocycles. The van der Waals surface area contributed by atoms with Crippen molar-refractivity contribution in [1.29, 1.82) is 0 Å². The van der Waals surface area contributed by atoms with Crippen LogP contribution >= 0.6 is 0 Å². The SMILES string of the molecule is CC(F)(C(=O)OCC1CCCCC1)S(=O)(=O)O. The summed E-state index contributed by atoms with van der Waals surface area (Å²) in [6.45, 7) is 0.486. The summed E-state index contributed by atoms with van der Waals surface area (Å²) in [6.07, 6.45) is 4.99. The molecule has 0 aromatic heterocycles. The van der Waals surface area contributed by atoms with Crippen molar-refractivity contribution in [2.75, 3.05) is 6.61 Å². The Kier molecular flexibility index (Phi) is 4.48. The monoisotopic (exact) mass is 268 g/mol. The van der Waals surface area contributed by atoms with E-state index >= 15 is 0 Å². The Labute approximate surface area is 100 Å². The van der Waals surface area contributed by atoms with Crippen LogP contribution < -0.4 is 0 Å². The van der Waals surface area contributed by atoms with Crippen molar-refractivity contribution in [3.8, 4) is 0 Å². The van der Waals surface area contributed by atoms with E-state index in [1.54, 1.807) is 0 Å². The van der Waals surface area contributed by atoms with E-state index in [1.807, 2.05) is 0 Å². The first-order valence-corrected chi connectivity index (χ1v) is 7.02. The molecule has 0 radical (unpaired) electrons. The Morgan fingerprint density at radius 3 is 2.41 bits per heavy atom. The summed E-state index contributed by atoms with van der Waals surface area (Å²) in [4.78, 5) is 11.2. The Balaban J connectivity index is 2.49. The fraction of sp³-hybridized carbons (Fsp3) is 0.900. The highest BCUT2D eigenvalue weighted by Gasteiger charge is 2.48. The van der Waals surface area contributed by atoms with Crippen LogP contribution in [0.25, 0.3) is 0 Å². The van der Waals surface area contributed by atoms with Crippen LogP contribution in [0.2, 0.25) is 0 Å². The Morgan fingerprint density at radius 1 is 1.41 bits per heavy atom. The van der Waals surface area contributed by atoms with Crippen LogP contribution in [0.15, 0.2) is 0 Å². The van der Waals surface area contributed by atoms with Gasteiger partial charge in [-0.2, -0.15) is 8.42 Å². The molecule has 1 N–H and O–H groups in total. The molecule has 0 bridgehead atoms. The van der Waals surface area contributed by atoms with Gasteiger partial charge >= 0.3 is 21.1 Å². The summed E-state index contributed by atoms with van der Waals surface area (Å²) in [5, 5.41) is -3.39. The van der Waals surface area contributed by atoms with Crippen LogP contribution in [0, 0.1) is 5.92 Å². The minimum Gasteiger partial charge on any atom is -0.462 e. The predicted octanol–water partition coefficient (Wildman–Crippen LogP) is 1.68. The third-order valence-electron chi connectivity index (χ3n) is 3.02. The van der Waals surface area contributed by atoms with Gasteiger partial charge in [0.1, 0.15) is 0 Å². The molecule has 7 heteroatoms. The average molecular weight is 268 g/mol. The van der Waals surface area contributed by atoms with Crippen LogP contribution in [0.1, 0.15) is 39.0 Å². The quantitative estimate of drug-likeness (QED) is 0.619.